The van der Waals surface area contributed by atoms with Crippen molar-refractivity contribution in [1.82, 2.24) is 4.90 Å². The highest BCUT2D eigenvalue weighted by atomic mass is 35.5. The van der Waals surface area contributed by atoms with Crippen molar-refractivity contribution in [2.24, 2.45) is 0 Å². The molecule has 0 amide bonds. The predicted octanol–water partition coefficient (Wildman–Crippen LogP) is 4.31. The molecule has 4 nitrogen and oxygen atoms in total. The Morgan fingerprint density at radius 2 is 1.52 bits per heavy atom. The first-order chi connectivity index (χ1) is 13.6. The smallest absolute Gasteiger partial charge is 0.165 e. The fraction of sp³-hybridized carbons (Fsp3) is 0.458. The summed E-state index contributed by atoms with van der Waals surface area (Å²) in [5.41, 5.74) is 2.46. The molecule has 2 aliphatic heterocycles. The number of rotatable bonds is 6. The molecule has 0 atom stereocenters. The second-order valence-corrected chi connectivity index (χ2v) is 8.33. The van der Waals surface area contributed by atoms with Crippen LogP contribution >= 0.6 is 12.4 Å². The van der Waals surface area contributed by atoms with E-state index in [0.717, 1.165) is 19.6 Å². The zero-order valence-corrected chi connectivity index (χ0v) is 17.7. The Kier molecular flexibility index (Phi) is 7.33. The molecule has 2 heterocycles. The van der Waals surface area contributed by atoms with Gasteiger partial charge in [-0.3, -0.25) is 9.69 Å². The summed E-state index contributed by atoms with van der Waals surface area (Å²) < 4.78 is 0. The fourth-order valence-corrected chi connectivity index (χ4v) is 4.37. The molecule has 4 rings (SSSR count). The number of ketones is 1. The molecule has 2 fully saturated rings. The van der Waals surface area contributed by atoms with E-state index in [2.05, 4.69) is 34.1 Å². The van der Waals surface area contributed by atoms with Gasteiger partial charge in [0.05, 0.1) is 5.60 Å². The van der Waals surface area contributed by atoms with Crippen molar-refractivity contribution in [3.63, 3.8) is 0 Å². The standard InChI is InChI=1S/C24H30N2O2.ClH/c27-23(21-6-2-1-3-7-21)18-24(28)12-16-25(17-13-24)19-20-8-10-22(11-9-20)26-14-4-5-15-26;/h1-3,6-11,28H,4-5,12-19H2;1H. The molecule has 0 unspecified atom stereocenters. The third kappa shape index (κ3) is 5.59. The van der Waals surface area contributed by atoms with E-state index in [0.29, 0.717) is 18.4 Å². The van der Waals surface area contributed by atoms with Gasteiger partial charge in [0.15, 0.2) is 5.78 Å². The maximum atomic E-state index is 12.5. The van der Waals surface area contributed by atoms with Crippen LogP contribution in [0.5, 0.6) is 0 Å². The summed E-state index contributed by atoms with van der Waals surface area (Å²) in [6.07, 6.45) is 4.11. The lowest BCUT2D eigenvalue weighted by molar-refractivity contribution is -0.0241. The molecule has 0 radical (unpaired) electrons. The number of carbonyl (C=O) groups is 1. The van der Waals surface area contributed by atoms with Crippen LogP contribution in [0, 0.1) is 0 Å². The number of carbonyl (C=O) groups excluding carboxylic acids is 1. The van der Waals surface area contributed by atoms with Gasteiger partial charge in [-0.05, 0) is 43.4 Å². The number of nitrogens with zero attached hydrogens (tertiary/aromatic N) is 2. The van der Waals surface area contributed by atoms with Crippen molar-refractivity contribution >= 4 is 23.9 Å². The number of anilines is 1. The Morgan fingerprint density at radius 1 is 0.897 bits per heavy atom. The van der Waals surface area contributed by atoms with Crippen molar-refractivity contribution in [1.29, 1.82) is 0 Å². The van der Waals surface area contributed by atoms with Gasteiger partial charge in [-0.2, -0.15) is 0 Å². The average molecular weight is 415 g/mol. The SMILES string of the molecule is Cl.O=C(CC1(O)CCN(Cc2ccc(N3CCCC3)cc2)CC1)c1ccccc1. The quantitative estimate of drug-likeness (QED) is 0.715. The van der Waals surface area contributed by atoms with Crippen LogP contribution in [0.3, 0.4) is 0 Å². The Hall–Kier alpha value is -1.88. The summed E-state index contributed by atoms with van der Waals surface area (Å²) in [5, 5.41) is 10.9. The third-order valence-corrected chi connectivity index (χ3v) is 6.19. The second-order valence-electron chi connectivity index (χ2n) is 8.33. The van der Waals surface area contributed by atoms with Gasteiger partial charge < -0.3 is 10.0 Å². The predicted molar refractivity (Wildman–Crippen MR) is 120 cm³/mol. The number of hydrogen-bond donors (Lipinski definition) is 1. The van der Waals surface area contributed by atoms with E-state index in [4.69, 9.17) is 0 Å². The molecular formula is C24H31ClN2O2. The summed E-state index contributed by atoms with van der Waals surface area (Å²) in [7, 11) is 0. The molecule has 0 spiro atoms. The maximum absolute atomic E-state index is 12.5. The largest absolute Gasteiger partial charge is 0.389 e. The summed E-state index contributed by atoms with van der Waals surface area (Å²) in [6, 6.07) is 18.2. The number of Topliss-reactive ketones (excluding diaryl/α,β-unsaturated/α-hetero) is 1. The molecule has 0 bridgehead atoms. The van der Waals surface area contributed by atoms with E-state index in [1.165, 1.54) is 37.2 Å². The van der Waals surface area contributed by atoms with E-state index in [1.807, 2.05) is 30.3 Å². The maximum Gasteiger partial charge on any atom is 0.165 e. The highest BCUT2D eigenvalue weighted by Crippen LogP contribution is 2.28. The Labute approximate surface area is 179 Å². The number of halogens is 1. The first kappa shape index (κ1) is 21.8. The summed E-state index contributed by atoms with van der Waals surface area (Å²) >= 11 is 0. The van der Waals surface area contributed by atoms with Crippen LogP contribution in [0.25, 0.3) is 0 Å². The van der Waals surface area contributed by atoms with Crippen molar-refractivity contribution in [3.8, 4) is 0 Å². The first-order valence-corrected chi connectivity index (χ1v) is 10.5. The van der Waals surface area contributed by atoms with Gasteiger partial charge in [0.1, 0.15) is 0 Å². The number of likely N-dealkylation sites (tertiary alicyclic amines) is 1. The van der Waals surface area contributed by atoms with E-state index in [1.54, 1.807) is 0 Å². The lowest BCUT2D eigenvalue weighted by atomic mass is 9.85. The van der Waals surface area contributed by atoms with Crippen LogP contribution in [0.15, 0.2) is 54.6 Å². The monoisotopic (exact) mass is 414 g/mol. The Balaban J connectivity index is 0.00000240. The van der Waals surface area contributed by atoms with Crippen molar-refractivity contribution in [2.45, 2.75) is 44.2 Å². The van der Waals surface area contributed by atoms with Gasteiger partial charge in [-0.1, -0.05) is 42.5 Å². The molecule has 5 heteroatoms. The highest BCUT2D eigenvalue weighted by Gasteiger charge is 2.34. The van der Waals surface area contributed by atoms with E-state index >= 15 is 0 Å². The van der Waals surface area contributed by atoms with Crippen molar-refractivity contribution < 1.29 is 9.90 Å². The number of aliphatic hydroxyl groups is 1. The van der Waals surface area contributed by atoms with Gasteiger partial charge >= 0.3 is 0 Å². The van der Waals surface area contributed by atoms with Crippen LogP contribution in [-0.2, 0) is 6.54 Å². The lowest BCUT2D eigenvalue weighted by Gasteiger charge is -2.38. The normalized spacial score (nSPS) is 19.0. The lowest BCUT2D eigenvalue weighted by Crippen LogP contribution is -2.45. The molecule has 2 aliphatic rings. The van der Waals surface area contributed by atoms with Crippen LogP contribution < -0.4 is 4.90 Å². The zero-order valence-electron chi connectivity index (χ0n) is 16.9. The molecular weight excluding hydrogens is 384 g/mol. The van der Waals surface area contributed by atoms with Gasteiger partial charge in [-0.25, -0.2) is 0 Å². The minimum Gasteiger partial charge on any atom is -0.389 e. The molecule has 0 aliphatic carbocycles. The first-order valence-electron chi connectivity index (χ1n) is 10.5. The number of hydrogen-bond acceptors (Lipinski definition) is 4. The van der Waals surface area contributed by atoms with Crippen LogP contribution in [0.1, 0.15) is 48.0 Å². The Bertz CT molecular complexity index is 780. The van der Waals surface area contributed by atoms with Crippen LogP contribution in [0.4, 0.5) is 5.69 Å². The van der Waals surface area contributed by atoms with Gasteiger partial charge in [0, 0.05) is 50.4 Å². The summed E-state index contributed by atoms with van der Waals surface area (Å²) in [6.45, 7) is 4.90. The van der Waals surface area contributed by atoms with Gasteiger partial charge in [0.2, 0.25) is 0 Å². The minimum absolute atomic E-state index is 0. The molecule has 2 aromatic rings. The third-order valence-electron chi connectivity index (χ3n) is 6.19. The van der Waals surface area contributed by atoms with Crippen LogP contribution in [-0.4, -0.2) is 47.6 Å². The van der Waals surface area contributed by atoms with Gasteiger partial charge in [-0.15, -0.1) is 12.4 Å². The zero-order chi connectivity index (χ0) is 19.4. The molecule has 0 saturated carbocycles. The molecule has 0 aromatic heterocycles. The second kappa shape index (κ2) is 9.75. The van der Waals surface area contributed by atoms with Crippen molar-refractivity contribution in [3.05, 3.63) is 65.7 Å². The molecule has 156 valence electrons. The van der Waals surface area contributed by atoms with E-state index in [-0.39, 0.29) is 24.6 Å². The van der Waals surface area contributed by atoms with Crippen molar-refractivity contribution in [2.75, 3.05) is 31.1 Å². The van der Waals surface area contributed by atoms with E-state index < -0.39 is 5.60 Å². The Morgan fingerprint density at radius 3 is 2.14 bits per heavy atom. The summed E-state index contributed by atoms with van der Waals surface area (Å²) in [5.74, 6) is 0.0362. The average Bonchev–Trinajstić information content (AvgIpc) is 3.26. The van der Waals surface area contributed by atoms with E-state index in [9.17, 15) is 9.90 Å². The number of piperidine rings is 1. The molecule has 2 aromatic carbocycles. The minimum atomic E-state index is -0.872. The topological polar surface area (TPSA) is 43.8 Å². The van der Waals surface area contributed by atoms with Gasteiger partial charge in [0.25, 0.3) is 0 Å². The van der Waals surface area contributed by atoms with Crippen LogP contribution in [0.2, 0.25) is 0 Å². The molecule has 2 saturated heterocycles. The number of benzene rings is 2. The molecule has 1 N–H and O–H groups in total. The highest BCUT2D eigenvalue weighted by molar-refractivity contribution is 5.96. The summed E-state index contributed by atoms with van der Waals surface area (Å²) in [4.78, 5) is 17.3. The molecule has 29 heavy (non-hydrogen) atoms. The fourth-order valence-electron chi connectivity index (χ4n) is 4.37.